The van der Waals surface area contributed by atoms with Gasteiger partial charge in [0.15, 0.2) is 0 Å². The number of rotatable bonds is 14. The van der Waals surface area contributed by atoms with E-state index in [1.54, 1.807) is 6.92 Å². The van der Waals surface area contributed by atoms with Crippen LogP contribution in [0, 0.1) is 0 Å². The Morgan fingerprint density at radius 3 is 1.80 bits per heavy atom. The summed E-state index contributed by atoms with van der Waals surface area (Å²) in [6.45, 7) is 11.0. The molecule has 0 aromatic heterocycles. The fourth-order valence-electron chi connectivity index (χ4n) is 3.05. The molecule has 0 radical (unpaired) electrons. The quantitative estimate of drug-likeness (QED) is 0.122. The van der Waals surface area contributed by atoms with E-state index >= 15 is 0 Å². The molecule has 0 amide bonds. The fraction of sp³-hybridized carbons (Fsp3) is 0.682. The first kappa shape index (κ1) is 24.5. The summed E-state index contributed by atoms with van der Waals surface area (Å²) in [6.07, 6.45) is 16.3. The summed E-state index contributed by atoms with van der Waals surface area (Å²) in [5, 5.41) is 0. The molecule has 0 aliphatic heterocycles. The van der Waals surface area contributed by atoms with Gasteiger partial charge in [0.05, 0.1) is 0 Å². The Balaban J connectivity index is 4.99. The van der Waals surface area contributed by atoms with Crippen LogP contribution in [0.1, 0.15) is 73.1 Å². The Bertz CT molecular complexity index is 414. The van der Waals surface area contributed by atoms with Crippen LogP contribution in [0.3, 0.4) is 0 Å². The van der Waals surface area contributed by atoms with Gasteiger partial charge in [0.25, 0.3) is 0 Å². The summed E-state index contributed by atoms with van der Waals surface area (Å²) in [4.78, 5) is 11.6. The van der Waals surface area contributed by atoms with Gasteiger partial charge >= 0.3 is 161 Å². The fourth-order valence-corrected chi connectivity index (χ4v) is 17.2. The van der Waals surface area contributed by atoms with E-state index in [0.29, 0.717) is 12.2 Å². The van der Waals surface area contributed by atoms with Gasteiger partial charge in [-0.1, -0.05) is 0 Å². The second kappa shape index (κ2) is 15.7. The van der Waals surface area contributed by atoms with Gasteiger partial charge in [-0.2, -0.15) is 0 Å². The van der Waals surface area contributed by atoms with Gasteiger partial charge in [-0.25, -0.2) is 0 Å². The van der Waals surface area contributed by atoms with Crippen molar-refractivity contribution in [3.63, 3.8) is 0 Å². The zero-order chi connectivity index (χ0) is 19.0. The van der Waals surface area contributed by atoms with Crippen molar-refractivity contribution in [1.29, 1.82) is 0 Å². The van der Waals surface area contributed by atoms with E-state index in [-0.39, 0.29) is 5.97 Å². The van der Waals surface area contributed by atoms with Gasteiger partial charge < -0.3 is 0 Å². The Morgan fingerprint density at radius 1 is 0.840 bits per heavy atom. The molecule has 0 fully saturated rings. The van der Waals surface area contributed by atoms with Crippen molar-refractivity contribution in [3.8, 4) is 0 Å². The first-order chi connectivity index (χ1) is 12.0. The van der Waals surface area contributed by atoms with Crippen LogP contribution in [0.15, 0.2) is 34.0 Å². The second-order valence-corrected chi connectivity index (χ2v) is 20.0. The maximum absolute atomic E-state index is 11.6. The number of carbonyl (C=O) groups is 1. The predicted molar refractivity (Wildman–Crippen MR) is 114 cm³/mol. The van der Waals surface area contributed by atoms with E-state index in [0.717, 1.165) is 0 Å². The number of hydrogen-bond acceptors (Lipinski definition) is 2. The molecular weight excluding hydrogens is 415 g/mol. The van der Waals surface area contributed by atoms with Crippen LogP contribution >= 0.6 is 0 Å². The number of hydrogen-bond donors (Lipinski definition) is 0. The summed E-state index contributed by atoms with van der Waals surface area (Å²) in [7, 11) is 0. The molecule has 0 N–H and O–H groups in total. The summed E-state index contributed by atoms with van der Waals surface area (Å²) in [6, 6.07) is 0. The third kappa shape index (κ3) is 11.7. The summed E-state index contributed by atoms with van der Waals surface area (Å²) >= 11 is -2.16. The molecule has 0 heterocycles. The normalized spacial score (nSPS) is 13.1. The monoisotopic (exact) mass is 456 g/mol. The van der Waals surface area contributed by atoms with Crippen LogP contribution < -0.4 is 0 Å². The molecule has 0 spiro atoms. The maximum atomic E-state index is 11.6. The molecule has 0 aliphatic rings. The first-order valence-corrected chi connectivity index (χ1v) is 17.9. The van der Waals surface area contributed by atoms with Crippen molar-refractivity contribution in [3.05, 3.63) is 34.0 Å². The second-order valence-electron chi connectivity index (χ2n) is 6.99. The zero-order valence-electron chi connectivity index (χ0n) is 17.3. The minimum atomic E-state index is -2.16. The average Bonchev–Trinajstić information content (AvgIpc) is 2.62. The van der Waals surface area contributed by atoms with E-state index in [4.69, 9.17) is 4.74 Å². The van der Waals surface area contributed by atoms with Crippen molar-refractivity contribution in [2.24, 2.45) is 0 Å². The first-order valence-electron chi connectivity index (χ1n) is 10.2. The van der Waals surface area contributed by atoms with Crippen LogP contribution in [0.25, 0.3) is 0 Å². The van der Waals surface area contributed by atoms with Gasteiger partial charge in [-0.05, 0) is 0 Å². The van der Waals surface area contributed by atoms with Crippen LogP contribution in [-0.4, -0.2) is 31.0 Å². The van der Waals surface area contributed by atoms with E-state index in [9.17, 15) is 4.79 Å². The average molecular weight is 455 g/mol. The van der Waals surface area contributed by atoms with Crippen molar-refractivity contribution in [1.82, 2.24) is 0 Å². The standard InChI is InChI=1S/C10H13O2.3C4H9.Sn/c1-4-6-7-8-9(3)10(11)12-5-2;3*1-3-4-2;/h1,4,6-8H,5H2,2-3H3;3*1,3-4H2,2H3;/b4-1?,7-6+,9-8+;;;;. The molecule has 25 heavy (non-hydrogen) atoms. The molecule has 2 nitrogen and oxygen atoms in total. The molecule has 0 unspecified atom stereocenters. The van der Waals surface area contributed by atoms with E-state index in [2.05, 4.69) is 37.0 Å². The minimum absolute atomic E-state index is 0.224. The molecule has 0 atom stereocenters. The number of carbonyl (C=O) groups excluding carboxylic acids is 1. The Hall–Kier alpha value is -0.511. The van der Waals surface area contributed by atoms with Crippen molar-refractivity contribution >= 4 is 24.3 Å². The van der Waals surface area contributed by atoms with E-state index in [1.807, 2.05) is 19.1 Å². The Kier molecular flexibility index (Phi) is 15.4. The van der Waals surface area contributed by atoms with E-state index in [1.165, 1.54) is 51.8 Å². The molecule has 0 aliphatic carbocycles. The molecule has 3 heteroatoms. The number of ether oxygens (including phenoxy) is 1. The van der Waals surface area contributed by atoms with Gasteiger partial charge in [0, 0.05) is 0 Å². The zero-order valence-corrected chi connectivity index (χ0v) is 20.1. The number of unbranched alkanes of at least 4 members (excludes halogenated alkanes) is 3. The van der Waals surface area contributed by atoms with Crippen molar-refractivity contribution in [2.45, 2.75) is 86.5 Å². The number of allylic oxidation sites excluding steroid dienone is 4. The third-order valence-corrected chi connectivity index (χ3v) is 18.8. The topological polar surface area (TPSA) is 26.3 Å². The van der Waals surface area contributed by atoms with Crippen LogP contribution in [0.5, 0.6) is 0 Å². The number of esters is 1. The van der Waals surface area contributed by atoms with Crippen molar-refractivity contribution < 1.29 is 9.53 Å². The Morgan fingerprint density at radius 2 is 1.36 bits per heavy atom. The van der Waals surface area contributed by atoms with Crippen LogP contribution in [0.4, 0.5) is 0 Å². The van der Waals surface area contributed by atoms with Gasteiger partial charge in [0.1, 0.15) is 0 Å². The van der Waals surface area contributed by atoms with Crippen molar-refractivity contribution in [2.75, 3.05) is 6.61 Å². The molecule has 144 valence electrons. The van der Waals surface area contributed by atoms with Gasteiger partial charge in [-0.15, -0.1) is 0 Å². The molecule has 0 saturated carbocycles. The van der Waals surface area contributed by atoms with E-state index < -0.39 is 18.4 Å². The summed E-state index contributed by atoms with van der Waals surface area (Å²) < 4.78 is 12.1. The molecule has 0 aromatic rings. The summed E-state index contributed by atoms with van der Waals surface area (Å²) in [5.41, 5.74) is 0.657. The third-order valence-electron chi connectivity index (χ3n) is 4.70. The molecule has 0 bridgehead atoms. The van der Waals surface area contributed by atoms with Crippen LogP contribution in [0.2, 0.25) is 13.3 Å². The predicted octanol–water partition coefficient (Wildman–Crippen LogP) is 7.00. The molecular formula is C22H40O2Sn. The SMILES string of the molecule is CCC[CH2][Sn](\[CH]=C/C=C/C=C(\C)C(=O)OCC)([CH2]CCC)[CH2]CCC. The molecule has 0 rings (SSSR count). The molecule has 0 saturated heterocycles. The summed E-state index contributed by atoms with van der Waals surface area (Å²) in [5.74, 6) is -0.224. The molecule has 0 aromatic carbocycles. The van der Waals surface area contributed by atoms with Gasteiger partial charge in [-0.3, -0.25) is 0 Å². The Labute approximate surface area is 160 Å². The van der Waals surface area contributed by atoms with Crippen LogP contribution in [-0.2, 0) is 9.53 Å². The van der Waals surface area contributed by atoms with Gasteiger partial charge in [0.2, 0.25) is 0 Å².